The summed E-state index contributed by atoms with van der Waals surface area (Å²) < 4.78 is 8.62. The lowest BCUT2D eigenvalue weighted by molar-refractivity contribution is 0.187. The number of anilines is 1. The fourth-order valence-corrected chi connectivity index (χ4v) is 2.67. The van der Waals surface area contributed by atoms with Crippen molar-refractivity contribution in [2.24, 2.45) is 0 Å². The molecule has 0 saturated heterocycles. The third kappa shape index (κ3) is 3.71. The topological polar surface area (TPSA) is 64.1 Å². The standard InChI is InChI=1S/C11H11N3O2S2/c1-16-11(15)13-9-12-10(14-18-9)17-7-8-5-3-2-4-6-8/h2-6H,7H2,1H3,(H,12,13,14,15). The van der Waals surface area contributed by atoms with Crippen molar-refractivity contribution in [1.29, 1.82) is 0 Å². The molecule has 0 radical (unpaired) electrons. The van der Waals surface area contributed by atoms with E-state index in [1.54, 1.807) is 0 Å². The molecule has 2 aromatic rings. The van der Waals surface area contributed by atoms with Gasteiger partial charge in [0.15, 0.2) is 0 Å². The van der Waals surface area contributed by atoms with E-state index in [-0.39, 0.29) is 0 Å². The summed E-state index contributed by atoms with van der Waals surface area (Å²) in [5, 5.41) is 3.57. The van der Waals surface area contributed by atoms with Crippen LogP contribution < -0.4 is 5.32 Å². The summed E-state index contributed by atoms with van der Waals surface area (Å²) in [6, 6.07) is 10.1. The minimum absolute atomic E-state index is 0.442. The van der Waals surface area contributed by atoms with E-state index in [0.717, 1.165) is 17.3 Å². The van der Waals surface area contributed by atoms with E-state index in [1.165, 1.54) is 24.4 Å². The molecule has 0 aliphatic heterocycles. The normalized spacial score (nSPS) is 10.1. The summed E-state index contributed by atoms with van der Waals surface area (Å²) >= 11 is 2.66. The Labute approximate surface area is 113 Å². The van der Waals surface area contributed by atoms with Gasteiger partial charge in [0.25, 0.3) is 0 Å². The van der Waals surface area contributed by atoms with Crippen LogP contribution in [0, 0.1) is 0 Å². The van der Waals surface area contributed by atoms with Crippen LogP contribution in [-0.2, 0) is 10.5 Å². The molecule has 0 saturated carbocycles. The number of nitrogens with one attached hydrogen (secondary N) is 1. The quantitative estimate of drug-likeness (QED) is 0.873. The first-order valence-electron chi connectivity index (χ1n) is 5.13. The van der Waals surface area contributed by atoms with Crippen LogP contribution in [0.5, 0.6) is 0 Å². The summed E-state index contributed by atoms with van der Waals surface area (Å²) in [6.45, 7) is 0. The highest BCUT2D eigenvalue weighted by atomic mass is 32.2. The van der Waals surface area contributed by atoms with Crippen LogP contribution in [0.15, 0.2) is 35.5 Å². The van der Waals surface area contributed by atoms with E-state index in [9.17, 15) is 4.79 Å². The summed E-state index contributed by atoms with van der Waals surface area (Å²) in [6.07, 6.45) is -0.536. The Kier molecular flexibility index (Phi) is 4.54. The van der Waals surface area contributed by atoms with Crippen LogP contribution in [0.1, 0.15) is 5.56 Å². The van der Waals surface area contributed by atoms with Crippen LogP contribution in [0.25, 0.3) is 0 Å². The van der Waals surface area contributed by atoms with Gasteiger partial charge < -0.3 is 4.74 Å². The molecule has 0 bridgehead atoms. The molecule has 0 atom stereocenters. The highest BCUT2D eigenvalue weighted by Crippen LogP contribution is 2.23. The fraction of sp³-hybridized carbons (Fsp3) is 0.182. The second kappa shape index (κ2) is 6.36. The van der Waals surface area contributed by atoms with Crippen molar-refractivity contribution in [3.63, 3.8) is 0 Å². The maximum atomic E-state index is 11.0. The van der Waals surface area contributed by atoms with Crippen molar-refractivity contribution in [2.45, 2.75) is 10.9 Å². The monoisotopic (exact) mass is 281 g/mol. The van der Waals surface area contributed by atoms with Crippen molar-refractivity contribution in [3.8, 4) is 0 Å². The molecule has 0 spiro atoms. The summed E-state index contributed by atoms with van der Waals surface area (Å²) in [4.78, 5) is 15.1. The van der Waals surface area contributed by atoms with E-state index < -0.39 is 6.09 Å². The molecular weight excluding hydrogens is 270 g/mol. The van der Waals surface area contributed by atoms with Crippen LogP contribution in [0.3, 0.4) is 0 Å². The van der Waals surface area contributed by atoms with Gasteiger partial charge in [0.2, 0.25) is 10.3 Å². The lowest BCUT2D eigenvalue weighted by Crippen LogP contribution is -2.10. The second-order valence-electron chi connectivity index (χ2n) is 3.27. The maximum absolute atomic E-state index is 11.0. The molecule has 18 heavy (non-hydrogen) atoms. The third-order valence-corrected chi connectivity index (χ3v) is 3.68. The van der Waals surface area contributed by atoms with Crippen LogP contribution >= 0.6 is 23.3 Å². The highest BCUT2D eigenvalue weighted by molar-refractivity contribution is 7.98. The largest absolute Gasteiger partial charge is 0.453 e. The zero-order chi connectivity index (χ0) is 12.8. The molecular formula is C11H11N3O2S2. The lowest BCUT2D eigenvalue weighted by atomic mass is 10.2. The number of thioether (sulfide) groups is 1. The first-order chi connectivity index (χ1) is 8.78. The predicted molar refractivity (Wildman–Crippen MR) is 71.9 cm³/mol. The van der Waals surface area contributed by atoms with Gasteiger partial charge in [-0.2, -0.15) is 9.36 Å². The van der Waals surface area contributed by atoms with E-state index in [1.807, 2.05) is 30.3 Å². The van der Waals surface area contributed by atoms with Crippen molar-refractivity contribution >= 4 is 34.5 Å². The number of rotatable bonds is 4. The molecule has 1 aromatic carbocycles. The van der Waals surface area contributed by atoms with E-state index in [4.69, 9.17) is 0 Å². The number of methoxy groups -OCH3 is 1. The Hall–Kier alpha value is -1.60. The van der Waals surface area contributed by atoms with Gasteiger partial charge in [-0.15, -0.1) is 0 Å². The zero-order valence-electron chi connectivity index (χ0n) is 9.62. The molecule has 5 nitrogen and oxygen atoms in total. The van der Waals surface area contributed by atoms with Gasteiger partial charge in [-0.25, -0.2) is 4.79 Å². The van der Waals surface area contributed by atoms with Crippen LogP contribution in [0.2, 0.25) is 0 Å². The second-order valence-corrected chi connectivity index (χ2v) is 4.97. The Morgan fingerprint density at radius 1 is 1.44 bits per heavy atom. The number of amides is 1. The van der Waals surface area contributed by atoms with Crippen LogP contribution in [0.4, 0.5) is 9.93 Å². The highest BCUT2D eigenvalue weighted by Gasteiger charge is 2.08. The number of carbonyl (C=O) groups is 1. The molecule has 0 aliphatic rings. The Balaban J connectivity index is 1.89. The van der Waals surface area contributed by atoms with Crippen LogP contribution in [-0.4, -0.2) is 22.6 Å². The number of aromatic nitrogens is 2. The third-order valence-electron chi connectivity index (χ3n) is 2.01. The average molecular weight is 281 g/mol. The maximum Gasteiger partial charge on any atom is 0.413 e. The van der Waals surface area contributed by atoms with Gasteiger partial charge in [-0.05, 0) is 5.56 Å². The number of hydrogen-bond acceptors (Lipinski definition) is 6. The van der Waals surface area contributed by atoms with E-state index in [2.05, 4.69) is 19.4 Å². The zero-order valence-corrected chi connectivity index (χ0v) is 11.3. The minimum atomic E-state index is -0.536. The van der Waals surface area contributed by atoms with Crippen molar-refractivity contribution in [2.75, 3.05) is 12.4 Å². The molecule has 7 heteroatoms. The molecule has 1 amide bonds. The van der Waals surface area contributed by atoms with Gasteiger partial charge in [-0.3, -0.25) is 5.32 Å². The number of nitrogens with zero attached hydrogens (tertiary/aromatic N) is 2. The first-order valence-corrected chi connectivity index (χ1v) is 6.89. The molecule has 94 valence electrons. The van der Waals surface area contributed by atoms with Gasteiger partial charge in [-0.1, -0.05) is 42.1 Å². The molecule has 1 heterocycles. The fourth-order valence-electron chi connectivity index (χ4n) is 1.18. The average Bonchev–Trinajstić information content (AvgIpc) is 2.85. The number of ether oxygens (including phenoxy) is 1. The smallest absolute Gasteiger partial charge is 0.413 e. The molecule has 1 N–H and O–H groups in total. The molecule has 1 aromatic heterocycles. The summed E-state index contributed by atoms with van der Waals surface area (Å²) in [5.41, 5.74) is 1.21. The Morgan fingerprint density at radius 2 is 2.22 bits per heavy atom. The summed E-state index contributed by atoms with van der Waals surface area (Å²) in [5.74, 6) is 0.801. The minimum Gasteiger partial charge on any atom is -0.453 e. The van der Waals surface area contributed by atoms with Crippen molar-refractivity contribution in [1.82, 2.24) is 9.36 Å². The predicted octanol–water partition coefficient (Wildman–Crippen LogP) is 3.01. The van der Waals surface area contributed by atoms with E-state index in [0.29, 0.717) is 10.3 Å². The SMILES string of the molecule is COC(=O)Nc1nc(SCc2ccccc2)ns1. The van der Waals surface area contributed by atoms with Gasteiger partial charge in [0.05, 0.1) is 7.11 Å². The van der Waals surface area contributed by atoms with Gasteiger partial charge in [0.1, 0.15) is 0 Å². The molecule has 2 rings (SSSR count). The van der Waals surface area contributed by atoms with Gasteiger partial charge in [0, 0.05) is 17.3 Å². The number of benzene rings is 1. The first kappa shape index (κ1) is 12.8. The van der Waals surface area contributed by atoms with E-state index >= 15 is 0 Å². The molecule has 0 unspecified atom stereocenters. The van der Waals surface area contributed by atoms with Crippen molar-refractivity contribution in [3.05, 3.63) is 35.9 Å². The summed E-state index contributed by atoms with van der Waals surface area (Å²) in [7, 11) is 1.31. The number of carbonyl (C=O) groups excluding carboxylic acids is 1. The number of hydrogen-bond donors (Lipinski definition) is 1. The molecule has 0 fully saturated rings. The Bertz CT molecular complexity index is 516. The Morgan fingerprint density at radius 3 is 2.94 bits per heavy atom. The lowest BCUT2D eigenvalue weighted by Gasteiger charge is -1.97. The van der Waals surface area contributed by atoms with Crippen molar-refractivity contribution < 1.29 is 9.53 Å². The molecule has 0 aliphatic carbocycles. The van der Waals surface area contributed by atoms with Gasteiger partial charge >= 0.3 is 6.09 Å².